The van der Waals surface area contributed by atoms with Gasteiger partial charge in [-0.15, -0.1) is 0 Å². The number of rotatable bonds is 10. The highest BCUT2D eigenvalue weighted by Gasteiger charge is 2.23. The fourth-order valence-corrected chi connectivity index (χ4v) is 6.52. The average molecular weight is 632 g/mol. The molecule has 1 aliphatic carbocycles. The molecule has 0 spiro atoms. The Morgan fingerprint density at radius 1 is 1.05 bits per heavy atom. The maximum atomic E-state index is 11.4. The first-order valence-corrected chi connectivity index (χ1v) is 14.2. The molecule has 0 bridgehead atoms. The molecule has 1 fully saturated rings. The molecule has 196 valence electrons. The first-order valence-electron chi connectivity index (χ1n) is 12.6. The van der Waals surface area contributed by atoms with Gasteiger partial charge in [-0.05, 0) is 98.5 Å². The number of benzene rings is 3. The molecule has 7 heteroatoms. The zero-order chi connectivity index (χ0) is 26.5. The summed E-state index contributed by atoms with van der Waals surface area (Å²) < 4.78 is 13.5. The standard InChI is InChI=1S/C30H32Br2O5/c1-18-6-5-9-22(12-18)29(35)23-17-26(36-2)21(11-10-19-7-3-4-8-19)16-27(23)37-30-24(31)13-20(14-25(30)32)15-28(33)34/h5-6,9,12-14,16-17,19,29,35H,3-4,7-8,10-11,15H2,1-2H3,(H,33,34). The summed E-state index contributed by atoms with van der Waals surface area (Å²) in [6.07, 6.45) is 6.10. The zero-order valence-electron chi connectivity index (χ0n) is 21.1. The molecule has 0 heterocycles. The van der Waals surface area contributed by atoms with Crippen LogP contribution in [0.25, 0.3) is 0 Å². The second-order valence-electron chi connectivity index (χ2n) is 9.77. The van der Waals surface area contributed by atoms with Crippen molar-refractivity contribution in [2.75, 3.05) is 7.11 Å². The maximum absolute atomic E-state index is 11.4. The summed E-state index contributed by atoms with van der Waals surface area (Å²) in [4.78, 5) is 11.2. The van der Waals surface area contributed by atoms with Crippen molar-refractivity contribution >= 4 is 37.8 Å². The molecule has 2 N–H and O–H groups in total. The monoisotopic (exact) mass is 630 g/mol. The number of halogens is 2. The van der Waals surface area contributed by atoms with E-state index in [1.54, 1.807) is 19.2 Å². The van der Waals surface area contributed by atoms with Crippen LogP contribution < -0.4 is 9.47 Å². The number of carboxylic acid groups (broad SMARTS) is 1. The topological polar surface area (TPSA) is 76.0 Å². The SMILES string of the molecule is COc1cc(C(O)c2cccc(C)c2)c(Oc2c(Br)cc(CC(=O)O)cc2Br)cc1CCC1CCCC1. The molecule has 37 heavy (non-hydrogen) atoms. The van der Waals surface area contributed by atoms with E-state index in [4.69, 9.17) is 9.47 Å². The molecule has 1 atom stereocenters. The second kappa shape index (κ2) is 12.5. The summed E-state index contributed by atoms with van der Waals surface area (Å²) in [6.45, 7) is 1.99. The molecular formula is C30H32Br2O5. The minimum absolute atomic E-state index is 0.0946. The van der Waals surface area contributed by atoms with Crippen LogP contribution >= 0.6 is 31.9 Å². The van der Waals surface area contributed by atoms with E-state index in [-0.39, 0.29) is 6.42 Å². The highest BCUT2D eigenvalue weighted by atomic mass is 79.9. The van der Waals surface area contributed by atoms with E-state index in [2.05, 4.69) is 31.9 Å². The molecule has 0 aromatic heterocycles. The van der Waals surface area contributed by atoms with Crippen molar-refractivity contribution in [3.05, 3.63) is 85.3 Å². The van der Waals surface area contributed by atoms with Gasteiger partial charge in [-0.25, -0.2) is 0 Å². The first kappa shape index (κ1) is 27.7. The van der Waals surface area contributed by atoms with E-state index in [0.29, 0.717) is 31.6 Å². The van der Waals surface area contributed by atoms with E-state index in [1.165, 1.54) is 25.7 Å². The van der Waals surface area contributed by atoms with Crippen LogP contribution in [0, 0.1) is 12.8 Å². The summed E-state index contributed by atoms with van der Waals surface area (Å²) >= 11 is 7.10. The van der Waals surface area contributed by atoms with Gasteiger partial charge in [-0.2, -0.15) is 0 Å². The molecule has 0 aliphatic heterocycles. The maximum Gasteiger partial charge on any atom is 0.307 e. The molecule has 0 saturated heterocycles. The Balaban J connectivity index is 1.75. The van der Waals surface area contributed by atoms with Gasteiger partial charge in [0.25, 0.3) is 0 Å². The summed E-state index contributed by atoms with van der Waals surface area (Å²) in [5, 5.41) is 20.6. The fourth-order valence-electron chi connectivity index (χ4n) is 5.08. The summed E-state index contributed by atoms with van der Waals surface area (Å²) in [7, 11) is 1.66. The van der Waals surface area contributed by atoms with Crippen molar-refractivity contribution in [2.45, 2.75) is 58.0 Å². The Morgan fingerprint density at radius 2 is 1.76 bits per heavy atom. The molecule has 0 amide bonds. The van der Waals surface area contributed by atoms with Crippen LogP contribution in [-0.2, 0) is 17.6 Å². The van der Waals surface area contributed by atoms with Gasteiger partial charge >= 0.3 is 5.97 Å². The Kier molecular flexibility index (Phi) is 9.32. The van der Waals surface area contributed by atoms with Gasteiger partial charge < -0.3 is 19.7 Å². The van der Waals surface area contributed by atoms with Gasteiger partial charge in [-0.1, -0.05) is 55.5 Å². The average Bonchev–Trinajstić information content (AvgIpc) is 3.38. The number of methoxy groups -OCH3 is 1. The van der Waals surface area contributed by atoms with Crippen molar-refractivity contribution in [2.24, 2.45) is 5.92 Å². The lowest BCUT2D eigenvalue weighted by molar-refractivity contribution is -0.136. The van der Waals surface area contributed by atoms with E-state index < -0.39 is 12.1 Å². The van der Waals surface area contributed by atoms with Gasteiger partial charge in [0.2, 0.25) is 0 Å². The molecule has 0 radical (unpaired) electrons. The second-order valence-corrected chi connectivity index (χ2v) is 11.5. The van der Waals surface area contributed by atoms with Gasteiger partial charge in [0, 0.05) is 5.56 Å². The van der Waals surface area contributed by atoms with Gasteiger partial charge in [0.05, 0.1) is 22.5 Å². The lowest BCUT2D eigenvalue weighted by Crippen LogP contribution is -2.06. The predicted octanol–water partition coefficient (Wildman–Crippen LogP) is 8.15. The smallest absolute Gasteiger partial charge is 0.307 e. The summed E-state index contributed by atoms with van der Waals surface area (Å²) in [5.41, 5.74) is 4.10. The molecular weight excluding hydrogens is 600 g/mol. The fraction of sp³-hybridized carbons (Fsp3) is 0.367. The summed E-state index contributed by atoms with van der Waals surface area (Å²) in [5.74, 6) is 1.61. The van der Waals surface area contributed by atoms with E-state index in [0.717, 1.165) is 41.2 Å². The van der Waals surface area contributed by atoms with Crippen LogP contribution in [0.3, 0.4) is 0 Å². The molecule has 1 saturated carbocycles. The van der Waals surface area contributed by atoms with Crippen molar-refractivity contribution < 1.29 is 24.5 Å². The third-order valence-electron chi connectivity index (χ3n) is 6.99. The summed E-state index contributed by atoms with van der Waals surface area (Å²) in [6, 6.07) is 15.1. The highest BCUT2D eigenvalue weighted by molar-refractivity contribution is 9.11. The number of aliphatic hydroxyl groups is 1. The van der Waals surface area contributed by atoms with E-state index >= 15 is 0 Å². The molecule has 1 unspecified atom stereocenters. The largest absolute Gasteiger partial charge is 0.496 e. The minimum atomic E-state index is -0.920. The zero-order valence-corrected chi connectivity index (χ0v) is 24.3. The van der Waals surface area contributed by atoms with Crippen molar-refractivity contribution in [3.8, 4) is 17.2 Å². The minimum Gasteiger partial charge on any atom is -0.496 e. The number of aryl methyl sites for hydroxylation is 2. The number of carbonyl (C=O) groups is 1. The normalized spacial score (nSPS) is 14.5. The van der Waals surface area contributed by atoms with Crippen molar-refractivity contribution in [1.29, 1.82) is 0 Å². The number of aliphatic hydroxyl groups excluding tert-OH is 1. The molecule has 4 rings (SSSR count). The van der Waals surface area contributed by atoms with Crippen LogP contribution in [0.2, 0.25) is 0 Å². The molecule has 3 aromatic carbocycles. The molecule has 1 aliphatic rings. The quantitative estimate of drug-likeness (QED) is 0.236. The van der Waals surface area contributed by atoms with Gasteiger partial charge in [0.1, 0.15) is 17.6 Å². The van der Waals surface area contributed by atoms with Gasteiger partial charge in [-0.3, -0.25) is 4.79 Å². The van der Waals surface area contributed by atoms with Crippen LogP contribution in [0.15, 0.2) is 57.5 Å². The Hall–Kier alpha value is -2.35. The van der Waals surface area contributed by atoms with Gasteiger partial charge in [0.15, 0.2) is 5.75 Å². The Labute approximate surface area is 235 Å². The van der Waals surface area contributed by atoms with Crippen molar-refractivity contribution in [3.63, 3.8) is 0 Å². The lowest BCUT2D eigenvalue weighted by atomic mass is 9.94. The van der Waals surface area contributed by atoms with Crippen LogP contribution in [0.1, 0.15) is 66.0 Å². The number of ether oxygens (including phenoxy) is 2. The van der Waals surface area contributed by atoms with Crippen molar-refractivity contribution in [1.82, 2.24) is 0 Å². The third kappa shape index (κ3) is 6.95. The first-order chi connectivity index (χ1) is 17.7. The lowest BCUT2D eigenvalue weighted by Gasteiger charge is -2.22. The van der Waals surface area contributed by atoms with Crippen LogP contribution in [-0.4, -0.2) is 23.3 Å². The Bertz CT molecular complexity index is 1240. The molecule has 5 nitrogen and oxygen atoms in total. The van der Waals surface area contributed by atoms with E-state index in [1.807, 2.05) is 43.3 Å². The van der Waals surface area contributed by atoms with Crippen LogP contribution in [0.4, 0.5) is 0 Å². The number of aliphatic carboxylic acids is 1. The molecule has 3 aromatic rings. The van der Waals surface area contributed by atoms with E-state index in [9.17, 15) is 15.0 Å². The van der Waals surface area contributed by atoms with Crippen LogP contribution in [0.5, 0.6) is 17.2 Å². The Morgan fingerprint density at radius 3 is 2.38 bits per heavy atom. The highest BCUT2D eigenvalue weighted by Crippen LogP contribution is 2.43. The third-order valence-corrected chi connectivity index (χ3v) is 8.17. The number of hydrogen-bond acceptors (Lipinski definition) is 4. The number of carboxylic acids is 1. The predicted molar refractivity (Wildman–Crippen MR) is 152 cm³/mol. The number of hydrogen-bond donors (Lipinski definition) is 2.